The second-order valence-electron chi connectivity index (χ2n) is 5.20. The van der Waals surface area contributed by atoms with Gasteiger partial charge in [-0.2, -0.15) is 0 Å². The minimum absolute atomic E-state index is 0.403. The van der Waals surface area contributed by atoms with E-state index in [0.29, 0.717) is 11.7 Å². The Balaban J connectivity index is 2.62. The molecule has 0 amide bonds. The molecule has 1 heteroatoms. The predicted octanol–water partition coefficient (Wildman–Crippen LogP) is 4.80. The van der Waals surface area contributed by atoms with Crippen molar-refractivity contribution < 1.29 is 5.11 Å². The summed E-state index contributed by atoms with van der Waals surface area (Å²) in [7, 11) is 0. The molecule has 1 N–H and O–H groups in total. The standard InChI is InChI=1S/C17H20O/c1-11(2)15-7-5-6-8-16(15)14-9-12(3)17(18)13(4)10-14/h5-11,18H,1-4H3. The number of hydrogen-bond acceptors (Lipinski definition) is 1. The van der Waals surface area contributed by atoms with Crippen LogP contribution in [0.1, 0.15) is 36.5 Å². The van der Waals surface area contributed by atoms with Gasteiger partial charge >= 0.3 is 0 Å². The molecule has 0 aliphatic rings. The lowest BCUT2D eigenvalue weighted by Crippen LogP contribution is -1.93. The summed E-state index contributed by atoms with van der Waals surface area (Å²) >= 11 is 0. The monoisotopic (exact) mass is 240 g/mol. The highest BCUT2D eigenvalue weighted by Gasteiger charge is 2.10. The number of rotatable bonds is 2. The minimum atomic E-state index is 0.403. The van der Waals surface area contributed by atoms with Gasteiger partial charge in [0, 0.05) is 0 Å². The summed E-state index contributed by atoms with van der Waals surface area (Å²) in [5.41, 5.74) is 5.67. The van der Waals surface area contributed by atoms with Crippen LogP contribution in [0.2, 0.25) is 0 Å². The first kappa shape index (κ1) is 12.7. The first-order valence-corrected chi connectivity index (χ1v) is 6.40. The molecule has 94 valence electrons. The molecule has 0 atom stereocenters. The molecule has 0 aliphatic carbocycles. The van der Waals surface area contributed by atoms with Crippen LogP contribution in [0.25, 0.3) is 11.1 Å². The minimum Gasteiger partial charge on any atom is -0.507 e. The molecule has 0 fully saturated rings. The third kappa shape index (κ3) is 2.26. The van der Waals surface area contributed by atoms with Crippen LogP contribution in [0, 0.1) is 13.8 Å². The van der Waals surface area contributed by atoms with Crippen LogP contribution in [0.4, 0.5) is 0 Å². The van der Waals surface area contributed by atoms with Crippen LogP contribution in [-0.4, -0.2) is 5.11 Å². The molecule has 0 saturated carbocycles. The Morgan fingerprint density at radius 1 is 0.944 bits per heavy atom. The Bertz CT molecular complexity index is 545. The van der Waals surface area contributed by atoms with Crippen molar-refractivity contribution in [3.63, 3.8) is 0 Å². The van der Waals surface area contributed by atoms with Crippen molar-refractivity contribution in [2.75, 3.05) is 0 Å². The van der Waals surface area contributed by atoms with E-state index in [0.717, 1.165) is 11.1 Å². The normalized spacial score (nSPS) is 10.9. The molecular formula is C17H20O. The molecule has 1 nitrogen and oxygen atoms in total. The van der Waals surface area contributed by atoms with Crippen molar-refractivity contribution in [3.8, 4) is 16.9 Å². The SMILES string of the molecule is Cc1cc(-c2ccccc2C(C)C)cc(C)c1O. The van der Waals surface area contributed by atoms with E-state index in [9.17, 15) is 5.11 Å². The highest BCUT2D eigenvalue weighted by atomic mass is 16.3. The Hall–Kier alpha value is -1.76. The first-order valence-electron chi connectivity index (χ1n) is 6.40. The van der Waals surface area contributed by atoms with Crippen molar-refractivity contribution >= 4 is 0 Å². The van der Waals surface area contributed by atoms with E-state index in [2.05, 4.69) is 50.2 Å². The summed E-state index contributed by atoms with van der Waals surface area (Å²) in [6.45, 7) is 8.31. The molecule has 0 radical (unpaired) electrons. The van der Waals surface area contributed by atoms with Gasteiger partial charge in [0.25, 0.3) is 0 Å². The lowest BCUT2D eigenvalue weighted by Gasteiger charge is -2.14. The topological polar surface area (TPSA) is 20.2 Å². The van der Waals surface area contributed by atoms with E-state index in [4.69, 9.17) is 0 Å². The maximum Gasteiger partial charge on any atom is 0.121 e. The molecule has 0 aromatic heterocycles. The summed E-state index contributed by atoms with van der Waals surface area (Å²) in [4.78, 5) is 0. The molecule has 0 heterocycles. The number of phenols is 1. The summed E-state index contributed by atoms with van der Waals surface area (Å²) < 4.78 is 0. The van der Waals surface area contributed by atoms with E-state index < -0.39 is 0 Å². The average Bonchev–Trinajstić information content (AvgIpc) is 2.35. The largest absolute Gasteiger partial charge is 0.507 e. The van der Waals surface area contributed by atoms with Gasteiger partial charge in [-0.3, -0.25) is 0 Å². The van der Waals surface area contributed by atoms with E-state index in [1.807, 2.05) is 13.8 Å². The fourth-order valence-corrected chi connectivity index (χ4v) is 2.37. The molecule has 0 spiro atoms. The van der Waals surface area contributed by atoms with Gasteiger partial charge in [0.2, 0.25) is 0 Å². The lowest BCUT2D eigenvalue weighted by molar-refractivity contribution is 0.467. The zero-order valence-corrected chi connectivity index (χ0v) is 11.5. The quantitative estimate of drug-likeness (QED) is 0.799. The number of aromatic hydroxyl groups is 1. The predicted molar refractivity (Wildman–Crippen MR) is 77.1 cm³/mol. The van der Waals surface area contributed by atoms with Crippen molar-refractivity contribution in [1.82, 2.24) is 0 Å². The van der Waals surface area contributed by atoms with Gasteiger partial charge < -0.3 is 5.11 Å². The Morgan fingerprint density at radius 3 is 2.06 bits per heavy atom. The van der Waals surface area contributed by atoms with Crippen LogP contribution >= 0.6 is 0 Å². The summed E-state index contributed by atoms with van der Waals surface area (Å²) in [6.07, 6.45) is 0. The van der Waals surface area contributed by atoms with E-state index in [1.165, 1.54) is 16.7 Å². The lowest BCUT2D eigenvalue weighted by atomic mass is 9.91. The van der Waals surface area contributed by atoms with Crippen molar-refractivity contribution in [3.05, 3.63) is 53.1 Å². The first-order chi connectivity index (χ1) is 8.50. The van der Waals surface area contributed by atoms with Crippen LogP contribution in [0.5, 0.6) is 5.75 Å². The number of aryl methyl sites for hydroxylation is 2. The van der Waals surface area contributed by atoms with Gasteiger partial charge in [0.15, 0.2) is 0 Å². The molecule has 0 unspecified atom stereocenters. The highest BCUT2D eigenvalue weighted by molar-refractivity contribution is 5.70. The number of hydrogen-bond donors (Lipinski definition) is 1. The molecule has 0 saturated heterocycles. The van der Waals surface area contributed by atoms with Crippen molar-refractivity contribution in [2.45, 2.75) is 33.6 Å². The molecule has 2 rings (SSSR count). The highest BCUT2D eigenvalue weighted by Crippen LogP contribution is 2.33. The van der Waals surface area contributed by atoms with Gasteiger partial charge in [-0.15, -0.1) is 0 Å². The summed E-state index contributed by atoms with van der Waals surface area (Å²) in [5, 5.41) is 9.86. The number of phenolic OH excluding ortho intramolecular Hbond substituents is 1. The van der Waals surface area contributed by atoms with Gasteiger partial charge in [-0.25, -0.2) is 0 Å². The fraction of sp³-hybridized carbons (Fsp3) is 0.294. The maximum absolute atomic E-state index is 9.86. The van der Waals surface area contributed by atoms with Gasteiger partial charge in [0.1, 0.15) is 5.75 Å². The Morgan fingerprint density at radius 2 is 1.50 bits per heavy atom. The van der Waals surface area contributed by atoms with Crippen LogP contribution in [0.3, 0.4) is 0 Å². The smallest absolute Gasteiger partial charge is 0.121 e. The molecule has 0 bridgehead atoms. The van der Waals surface area contributed by atoms with Crippen molar-refractivity contribution in [1.29, 1.82) is 0 Å². The molecule has 18 heavy (non-hydrogen) atoms. The molecular weight excluding hydrogens is 220 g/mol. The van der Waals surface area contributed by atoms with Crippen LogP contribution in [-0.2, 0) is 0 Å². The Kier molecular flexibility index (Phi) is 3.42. The molecule has 2 aromatic carbocycles. The Labute approximate surface area is 109 Å². The van der Waals surface area contributed by atoms with Crippen molar-refractivity contribution in [2.24, 2.45) is 0 Å². The second kappa shape index (κ2) is 4.85. The summed E-state index contributed by atoms with van der Waals surface area (Å²) in [5.74, 6) is 0.899. The second-order valence-corrected chi connectivity index (χ2v) is 5.20. The van der Waals surface area contributed by atoms with E-state index in [-0.39, 0.29) is 0 Å². The zero-order chi connectivity index (χ0) is 13.3. The molecule has 0 aliphatic heterocycles. The summed E-state index contributed by atoms with van der Waals surface area (Å²) in [6, 6.07) is 12.6. The fourth-order valence-electron chi connectivity index (χ4n) is 2.37. The van der Waals surface area contributed by atoms with Gasteiger partial charge in [-0.1, -0.05) is 38.1 Å². The van der Waals surface area contributed by atoms with E-state index >= 15 is 0 Å². The van der Waals surface area contributed by atoms with Gasteiger partial charge in [0.05, 0.1) is 0 Å². The van der Waals surface area contributed by atoms with Crippen LogP contribution < -0.4 is 0 Å². The third-order valence-electron chi connectivity index (χ3n) is 3.38. The van der Waals surface area contributed by atoms with E-state index in [1.54, 1.807) is 0 Å². The maximum atomic E-state index is 9.86. The molecule has 2 aromatic rings. The third-order valence-corrected chi connectivity index (χ3v) is 3.38. The van der Waals surface area contributed by atoms with Crippen LogP contribution in [0.15, 0.2) is 36.4 Å². The van der Waals surface area contributed by atoms with Gasteiger partial charge in [-0.05, 0) is 59.7 Å². The number of benzene rings is 2. The zero-order valence-electron chi connectivity index (χ0n) is 11.5. The average molecular weight is 240 g/mol.